The van der Waals surface area contributed by atoms with Gasteiger partial charge in [0.25, 0.3) is 0 Å². The molecular formula is C9H5F2N. The third kappa shape index (κ3) is 1.03. The topological polar surface area (TPSA) is 12.9 Å². The summed E-state index contributed by atoms with van der Waals surface area (Å²) in [7, 11) is 0. The number of fused-ring (bicyclic) bond motifs is 1. The lowest BCUT2D eigenvalue weighted by Crippen LogP contribution is -1.87. The molecule has 12 heavy (non-hydrogen) atoms. The summed E-state index contributed by atoms with van der Waals surface area (Å²) >= 11 is 0. The van der Waals surface area contributed by atoms with Crippen LogP contribution in [-0.2, 0) is 0 Å². The molecular weight excluding hydrogens is 160 g/mol. The van der Waals surface area contributed by atoms with Crippen molar-refractivity contribution in [3.05, 3.63) is 42.1 Å². The Hall–Kier alpha value is -1.51. The summed E-state index contributed by atoms with van der Waals surface area (Å²) in [6.07, 6.45) is 0. The summed E-state index contributed by atoms with van der Waals surface area (Å²) in [6, 6.07) is 7.29. The minimum Gasteiger partial charge on any atom is -0.220 e. The van der Waals surface area contributed by atoms with Crippen LogP contribution in [0.15, 0.2) is 30.3 Å². The van der Waals surface area contributed by atoms with Crippen LogP contribution in [0.1, 0.15) is 0 Å². The molecule has 0 aliphatic carbocycles. The Morgan fingerprint density at radius 2 is 1.83 bits per heavy atom. The van der Waals surface area contributed by atoms with Gasteiger partial charge in [-0.05, 0) is 12.1 Å². The molecule has 1 nitrogen and oxygen atoms in total. The quantitative estimate of drug-likeness (QED) is 0.546. The number of benzene rings is 1. The number of para-hydroxylation sites is 1. The minimum absolute atomic E-state index is 0.343. The van der Waals surface area contributed by atoms with E-state index < -0.39 is 11.8 Å². The van der Waals surface area contributed by atoms with Crippen molar-refractivity contribution in [3.8, 4) is 0 Å². The average Bonchev–Trinajstić information content (AvgIpc) is 2.04. The maximum Gasteiger partial charge on any atom is 0.216 e. The average molecular weight is 165 g/mol. The van der Waals surface area contributed by atoms with Crippen molar-refractivity contribution in [2.45, 2.75) is 0 Å². The highest BCUT2D eigenvalue weighted by Gasteiger charge is 2.02. The molecule has 1 aromatic carbocycles. The van der Waals surface area contributed by atoms with E-state index in [4.69, 9.17) is 0 Å². The van der Waals surface area contributed by atoms with Crippen molar-refractivity contribution in [1.29, 1.82) is 0 Å². The molecule has 0 aliphatic rings. The molecule has 0 atom stereocenters. The summed E-state index contributed by atoms with van der Waals surface area (Å²) in [5, 5.41) is 0.346. The fraction of sp³-hybridized carbons (Fsp3) is 0. The Morgan fingerprint density at radius 3 is 2.67 bits per heavy atom. The third-order valence-electron chi connectivity index (χ3n) is 1.63. The van der Waals surface area contributed by atoms with Crippen LogP contribution < -0.4 is 0 Å². The Balaban J connectivity index is 2.89. The number of nitrogens with zero attached hydrogens (tertiary/aromatic N) is 1. The van der Waals surface area contributed by atoms with Gasteiger partial charge < -0.3 is 0 Å². The first-order valence-corrected chi connectivity index (χ1v) is 3.48. The second-order valence-electron chi connectivity index (χ2n) is 2.44. The van der Waals surface area contributed by atoms with Gasteiger partial charge in [-0.15, -0.1) is 0 Å². The monoisotopic (exact) mass is 165 g/mol. The molecule has 1 aromatic heterocycles. The van der Waals surface area contributed by atoms with Crippen molar-refractivity contribution in [3.63, 3.8) is 0 Å². The Bertz CT molecular complexity index is 426. The van der Waals surface area contributed by atoms with E-state index in [1.807, 2.05) is 0 Å². The van der Waals surface area contributed by atoms with Gasteiger partial charge in [0, 0.05) is 11.5 Å². The van der Waals surface area contributed by atoms with E-state index in [2.05, 4.69) is 4.98 Å². The van der Waals surface area contributed by atoms with Gasteiger partial charge in [-0.3, -0.25) is 0 Å². The predicted octanol–water partition coefficient (Wildman–Crippen LogP) is 2.51. The number of hydrogen-bond acceptors (Lipinski definition) is 1. The van der Waals surface area contributed by atoms with Crippen LogP contribution in [0.25, 0.3) is 10.9 Å². The molecule has 0 fully saturated rings. The van der Waals surface area contributed by atoms with Crippen LogP contribution >= 0.6 is 0 Å². The van der Waals surface area contributed by atoms with E-state index in [-0.39, 0.29) is 0 Å². The van der Waals surface area contributed by atoms with Crippen LogP contribution in [0, 0.1) is 11.8 Å². The molecule has 0 saturated heterocycles. The number of hydrogen-bond donors (Lipinski definition) is 0. The lowest BCUT2D eigenvalue weighted by atomic mass is 10.2. The van der Waals surface area contributed by atoms with Gasteiger partial charge in [-0.1, -0.05) is 12.1 Å². The smallest absolute Gasteiger partial charge is 0.216 e. The van der Waals surface area contributed by atoms with E-state index in [9.17, 15) is 8.78 Å². The maximum atomic E-state index is 13.0. The number of aromatic nitrogens is 1. The van der Waals surface area contributed by atoms with Crippen molar-refractivity contribution in [2.24, 2.45) is 0 Å². The normalized spacial score (nSPS) is 10.5. The van der Waals surface area contributed by atoms with Crippen molar-refractivity contribution >= 4 is 10.9 Å². The fourth-order valence-corrected chi connectivity index (χ4v) is 1.10. The first-order chi connectivity index (χ1) is 5.77. The summed E-state index contributed by atoms with van der Waals surface area (Å²) in [6.45, 7) is 0. The highest BCUT2D eigenvalue weighted by atomic mass is 19.1. The van der Waals surface area contributed by atoms with Crippen LogP contribution in [0.2, 0.25) is 0 Å². The molecule has 0 aliphatic heterocycles. The van der Waals surface area contributed by atoms with Crippen molar-refractivity contribution in [2.75, 3.05) is 0 Å². The molecule has 0 spiro atoms. The van der Waals surface area contributed by atoms with Gasteiger partial charge in [-0.25, -0.2) is 9.37 Å². The largest absolute Gasteiger partial charge is 0.220 e. The second-order valence-corrected chi connectivity index (χ2v) is 2.44. The van der Waals surface area contributed by atoms with Crippen LogP contribution in [0.5, 0.6) is 0 Å². The van der Waals surface area contributed by atoms with Gasteiger partial charge in [0.1, 0.15) is 5.82 Å². The van der Waals surface area contributed by atoms with E-state index in [0.717, 1.165) is 6.07 Å². The van der Waals surface area contributed by atoms with E-state index in [0.29, 0.717) is 10.9 Å². The van der Waals surface area contributed by atoms with Crippen molar-refractivity contribution in [1.82, 2.24) is 4.98 Å². The maximum absolute atomic E-state index is 13.0. The first kappa shape index (κ1) is 7.16. The van der Waals surface area contributed by atoms with Crippen LogP contribution in [0.3, 0.4) is 0 Å². The summed E-state index contributed by atoms with van der Waals surface area (Å²) in [5.41, 5.74) is 0.343. The zero-order valence-corrected chi connectivity index (χ0v) is 6.09. The Labute approximate surface area is 67.7 Å². The highest BCUT2D eigenvalue weighted by Crippen LogP contribution is 2.15. The Kier molecular flexibility index (Phi) is 1.50. The van der Waals surface area contributed by atoms with Gasteiger partial charge >= 0.3 is 0 Å². The second kappa shape index (κ2) is 2.52. The van der Waals surface area contributed by atoms with Gasteiger partial charge in [0.15, 0.2) is 0 Å². The first-order valence-electron chi connectivity index (χ1n) is 3.48. The molecule has 0 unspecified atom stereocenters. The summed E-state index contributed by atoms with van der Waals surface area (Å²) in [4.78, 5) is 3.53. The molecule has 0 N–H and O–H groups in total. The zero-order chi connectivity index (χ0) is 8.55. The fourth-order valence-electron chi connectivity index (χ4n) is 1.10. The SMILES string of the molecule is Fc1cc(F)c2ccccc2n1. The van der Waals surface area contributed by atoms with Crippen LogP contribution in [-0.4, -0.2) is 4.98 Å². The van der Waals surface area contributed by atoms with Crippen molar-refractivity contribution < 1.29 is 8.78 Å². The molecule has 1 heterocycles. The summed E-state index contributed by atoms with van der Waals surface area (Å²) in [5.74, 6) is -1.36. The summed E-state index contributed by atoms with van der Waals surface area (Å²) < 4.78 is 25.5. The predicted molar refractivity (Wildman–Crippen MR) is 41.7 cm³/mol. The standard InChI is InChI=1S/C9H5F2N/c10-7-5-9(11)12-8-4-2-1-3-6(7)8/h1-5H. The number of rotatable bonds is 0. The minimum atomic E-state index is -0.786. The molecule has 0 saturated carbocycles. The highest BCUT2D eigenvalue weighted by molar-refractivity contribution is 5.78. The molecule has 3 heteroatoms. The van der Waals surface area contributed by atoms with E-state index >= 15 is 0 Å². The number of pyridine rings is 1. The Morgan fingerprint density at radius 1 is 1.08 bits per heavy atom. The zero-order valence-electron chi connectivity index (χ0n) is 6.09. The molecule has 0 radical (unpaired) electrons. The van der Waals surface area contributed by atoms with E-state index in [1.54, 1.807) is 24.3 Å². The van der Waals surface area contributed by atoms with Gasteiger partial charge in [-0.2, -0.15) is 4.39 Å². The lowest BCUT2D eigenvalue weighted by Gasteiger charge is -1.96. The van der Waals surface area contributed by atoms with Crippen LogP contribution in [0.4, 0.5) is 8.78 Å². The molecule has 0 bridgehead atoms. The van der Waals surface area contributed by atoms with E-state index in [1.165, 1.54) is 0 Å². The van der Waals surface area contributed by atoms with Gasteiger partial charge in [0.05, 0.1) is 5.52 Å². The molecule has 2 rings (SSSR count). The van der Waals surface area contributed by atoms with Gasteiger partial charge in [0.2, 0.25) is 5.95 Å². The lowest BCUT2D eigenvalue weighted by molar-refractivity contribution is 0.562. The number of halogens is 2. The molecule has 60 valence electrons. The third-order valence-corrected chi connectivity index (χ3v) is 1.63. The molecule has 2 aromatic rings. The molecule has 0 amide bonds.